The Morgan fingerprint density at radius 1 is 0.562 bits per heavy atom. The lowest BCUT2D eigenvalue weighted by Crippen LogP contribution is -2.37. The molecule has 2 nitrogen and oxygen atoms in total. The number of aryl methyl sites for hydroxylation is 2. The van der Waals surface area contributed by atoms with Gasteiger partial charge in [0, 0.05) is 33.7 Å². The SMILES string of the molecule is CCc1ccccc1C1=C(C)N(c2cc3c(cc2C)C(C)(C)CCC3(C)C)c2c(c(-c3cccc4c3Nc3ccccc3C4(c3ccccc3)c3ccccc3)cc3ccccc23)B1. The lowest BCUT2D eigenvalue weighted by Gasteiger charge is -2.44. The fraction of sp³-hybridized carbons (Fsp3) is 0.213. The second-order valence-corrected chi connectivity index (χ2v) is 19.9. The van der Waals surface area contributed by atoms with E-state index >= 15 is 0 Å². The molecule has 0 bridgehead atoms. The maximum atomic E-state index is 4.10. The average Bonchev–Trinajstić information content (AvgIpc) is 3.32. The molecule has 3 aliphatic rings. The fourth-order valence-electron chi connectivity index (χ4n) is 11.9. The van der Waals surface area contributed by atoms with Gasteiger partial charge in [0.2, 0.25) is 0 Å². The van der Waals surface area contributed by atoms with E-state index in [0.717, 1.165) is 25.1 Å². The third-order valence-electron chi connectivity index (χ3n) is 15.4. The normalized spacial score (nSPS) is 16.5. The van der Waals surface area contributed by atoms with Gasteiger partial charge in [-0.05, 0) is 129 Å². The van der Waals surface area contributed by atoms with E-state index in [2.05, 4.69) is 229 Å². The molecule has 0 unspecified atom stereocenters. The van der Waals surface area contributed by atoms with Crippen LogP contribution in [-0.2, 0) is 22.7 Å². The summed E-state index contributed by atoms with van der Waals surface area (Å²) < 4.78 is 0. The average molecular weight is 829 g/mol. The van der Waals surface area contributed by atoms with Crippen molar-refractivity contribution in [1.82, 2.24) is 0 Å². The predicted molar refractivity (Wildman–Crippen MR) is 275 cm³/mol. The lowest BCUT2D eigenvalue weighted by molar-refractivity contribution is 0.332. The van der Waals surface area contributed by atoms with Crippen molar-refractivity contribution >= 4 is 51.7 Å². The van der Waals surface area contributed by atoms with E-state index in [0.29, 0.717) is 0 Å². The van der Waals surface area contributed by atoms with Gasteiger partial charge in [-0.3, -0.25) is 0 Å². The molecular formula is C61H57BN2. The molecule has 0 atom stereocenters. The summed E-state index contributed by atoms with van der Waals surface area (Å²) in [7, 11) is 0.820. The maximum Gasteiger partial charge on any atom is 0.198 e. The Labute approximate surface area is 381 Å². The zero-order valence-electron chi connectivity index (χ0n) is 38.4. The molecule has 8 aromatic rings. The van der Waals surface area contributed by atoms with Crippen LogP contribution >= 0.6 is 0 Å². The molecule has 3 heteroatoms. The van der Waals surface area contributed by atoms with Gasteiger partial charge in [-0.15, -0.1) is 0 Å². The van der Waals surface area contributed by atoms with Gasteiger partial charge in [0.15, 0.2) is 7.28 Å². The molecule has 0 spiro atoms. The van der Waals surface area contributed by atoms with Gasteiger partial charge in [0.05, 0.1) is 11.1 Å². The molecule has 11 rings (SSSR count). The van der Waals surface area contributed by atoms with Crippen LogP contribution in [0.4, 0.5) is 22.7 Å². The van der Waals surface area contributed by atoms with Crippen LogP contribution in [-0.4, -0.2) is 7.28 Å². The molecule has 0 radical (unpaired) electrons. The molecule has 8 aromatic carbocycles. The van der Waals surface area contributed by atoms with E-state index in [-0.39, 0.29) is 10.8 Å². The summed E-state index contributed by atoms with van der Waals surface area (Å²) in [6.07, 6.45) is 3.34. The first-order valence-corrected chi connectivity index (χ1v) is 23.4. The van der Waals surface area contributed by atoms with Crippen LogP contribution in [0.2, 0.25) is 0 Å². The summed E-state index contributed by atoms with van der Waals surface area (Å²) in [5.74, 6) is 0. The number of allylic oxidation sites excluding steroid dienone is 1. The topological polar surface area (TPSA) is 15.3 Å². The van der Waals surface area contributed by atoms with Gasteiger partial charge in [0.1, 0.15) is 0 Å². The Hall–Kier alpha value is -6.58. The van der Waals surface area contributed by atoms with Crippen molar-refractivity contribution in [2.75, 3.05) is 10.2 Å². The fourth-order valence-corrected chi connectivity index (χ4v) is 11.9. The third kappa shape index (κ3) is 6.00. The number of para-hydroxylation sites is 2. The van der Waals surface area contributed by atoms with Crippen LogP contribution in [0.1, 0.15) is 104 Å². The highest BCUT2D eigenvalue weighted by Gasteiger charge is 2.45. The molecule has 314 valence electrons. The standard InChI is InChI=1S/C61H57BN2/c1-8-41-22-15-17-28-45(41)55-40(3)64(54-38-52-51(36-39(54)2)59(4,5)34-35-60(52,6)7)58-46-29-18-16-23-42(46)37-48(56(58)62-55)47-30-21-32-50-57(47)63-53-33-20-19-31-49(53)61(50,43-24-11-9-12-25-43)44-26-13-10-14-27-44/h9-33,36-38,62-63H,8,34-35H2,1-7H3. The van der Waals surface area contributed by atoms with Gasteiger partial charge in [-0.25, -0.2) is 0 Å². The molecule has 0 saturated carbocycles. The van der Waals surface area contributed by atoms with Crippen LogP contribution < -0.4 is 15.7 Å². The highest BCUT2D eigenvalue weighted by Crippen LogP contribution is 2.56. The third-order valence-corrected chi connectivity index (χ3v) is 15.4. The Morgan fingerprint density at radius 3 is 1.88 bits per heavy atom. The number of fused-ring (bicyclic) bond motifs is 6. The van der Waals surface area contributed by atoms with Crippen LogP contribution in [0.15, 0.2) is 176 Å². The van der Waals surface area contributed by atoms with Crippen LogP contribution in [0.25, 0.3) is 27.4 Å². The molecule has 1 N–H and O–H groups in total. The molecule has 64 heavy (non-hydrogen) atoms. The predicted octanol–water partition coefficient (Wildman–Crippen LogP) is 14.8. The van der Waals surface area contributed by atoms with Crippen molar-refractivity contribution < 1.29 is 0 Å². The number of nitrogens with zero attached hydrogens (tertiary/aromatic N) is 1. The molecule has 0 saturated heterocycles. The molecule has 1 aliphatic carbocycles. The summed E-state index contributed by atoms with van der Waals surface area (Å²) in [6, 6.07) is 64.1. The van der Waals surface area contributed by atoms with Crippen molar-refractivity contribution in [2.45, 2.75) is 84.0 Å². The van der Waals surface area contributed by atoms with Gasteiger partial charge in [-0.1, -0.05) is 192 Å². The zero-order chi connectivity index (χ0) is 44.0. The summed E-state index contributed by atoms with van der Waals surface area (Å²) in [4.78, 5) is 2.68. The minimum absolute atomic E-state index is 0.0696. The van der Waals surface area contributed by atoms with E-state index in [9.17, 15) is 0 Å². The summed E-state index contributed by atoms with van der Waals surface area (Å²) >= 11 is 0. The lowest BCUT2D eigenvalue weighted by atomic mass is 9.54. The van der Waals surface area contributed by atoms with Gasteiger partial charge in [-0.2, -0.15) is 0 Å². The Kier molecular flexibility index (Phi) is 9.44. The summed E-state index contributed by atoms with van der Waals surface area (Å²) in [5, 5.41) is 6.63. The number of benzene rings is 8. The van der Waals surface area contributed by atoms with Crippen LogP contribution in [0.3, 0.4) is 0 Å². The van der Waals surface area contributed by atoms with Crippen molar-refractivity contribution in [3.05, 3.63) is 226 Å². The first kappa shape index (κ1) is 40.2. The monoisotopic (exact) mass is 828 g/mol. The highest BCUT2D eigenvalue weighted by molar-refractivity contribution is 6.77. The van der Waals surface area contributed by atoms with Gasteiger partial charge >= 0.3 is 0 Å². The quantitative estimate of drug-likeness (QED) is 0.168. The molecule has 0 aromatic heterocycles. The maximum absolute atomic E-state index is 4.10. The zero-order valence-corrected chi connectivity index (χ0v) is 38.4. The number of hydrogen-bond donors (Lipinski definition) is 1. The minimum Gasteiger partial charge on any atom is -0.354 e. The van der Waals surface area contributed by atoms with Crippen molar-refractivity contribution in [3.63, 3.8) is 0 Å². The minimum atomic E-state index is -0.554. The van der Waals surface area contributed by atoms with E-state index in [4.69, 9.17) is 0 Å². The number of anilines is 4. The van der Waals surface area contributed by atoms with Gasteiger partial charge in [0.25, 0.3) is 0 Å². The Balaban J connectivity index is 1.25. The number of rotatable bonds is 6. The first-order valence-electron chi connectivity index (χ1n) is 23.4. The van der Waals surface area contributed by atoms with Gasteiger partial charge < -0.3 is 10.2 Å². The molecule has 0 fully saturated rings. The number of hydrogen-bond acceptors (Lipinski definition) is 2. The molecule has 0 amide bonds. The first-order chi connectivity index (χ1) is 31.0. The molecular weight excluding hydrogens is 771 g/mol. The second-order valence-electron chi connectivity index (χ2n) is 19.9. The van der Waals surface area contributed by atoms with Crippen LogP contribution in [0.5, 0.6) is 0 Å². The highest BCUT2D eigenvalue weighted by atomic mass is 15.2. The Bertz CT molecular complexity index is 3130. The van der Waals surface area contributed by atoms with Crippen molar-refractivity contribution in [1.29, 1.82) is 0 Å². The van der Waals surface area contributed by atoms with E-state index < -0.39 is 5.41 Å². The van der Waals surface area contributed by atoms with E-state index in [1.807, 2.05) is 0 Å². The largest absolute Gasteiger partial charge is 0.354 e. The van der Waals surface area contributed by atoms with Crippen molar-refractivity contribution in [3.8, 4) is 11.1 Å². The number of nitrogens with one attached hydrogen (secondary N) is 1. The Morgan fingerprint density at radius 2 is 1.16 bits per heavy atom. The summed E-state index contributed by atoms with van der Waals surface area (Å²) in [6.45, 7) is 16.8. The van der Waals surface area contributed by atoms with E-state index in [1.54, 1.807) is 0 Å². The van der Waals surface area contributed by atoms with Crippen LogP contribution in [0, 0.1) is 6.92 Å². The molecule has 2 aliphatic heterocycles. The summed E-state index contributed by atoms with van der Waals surface area (Å²) in [5.41, 5.74) is 23.1. The smallest absolute Gasteiger partial charge is 0.198 e. The van der Waals surface area contributed by atoms with E-state index in [1.165, 1.54) is 113 Å². The second kappa shape index (κ2) is 15.0. The van der Waals surface area contributed by atoms with Crippen molar-refractivity contribution in [2.24, 2.45) is 0 Å². The molecule has 2 heterocycles.